The molecule has 1 aromatic rings. The zero-order valence-corrected chi connectivity index (χ0v) is 11.8. The number of fused-ring (bicyclic) bond motifs is 1. The van der Waals surface area contributed by atoms with Crippen LogP contribution in [0.3, 0.4) is 0 Å². The van der Waals surface area contributed by atoms with Gasteiger partial charge in [-0.25, -0.2) is 0 Å². The molecule has 1 amide bonds. The van der Waals surface area contributed by atoms with Crippen molar-refractivity contribution in [1.29, 1.82) is 0 Å². The van der Waals surface area contributed by atoms with E-state index in [0.29, 0.717) is 19.6 Å². The molecule has 1 atom stereocenters. The van der Waals surface area contributed by atoms with Crippen LogP contribution in [0.4, 0.5) is 0 Å². The molecule has 0 saturated carbocycles. The van der Waals surface area contributed by atoms with Gasteiger partial charge in [-0.15, -0.1) is 0 Å². The number of amides is 1. The second-order valence-electron chi connectivity index (χ2n) is 4.82. The fourth-order valence-electron chi connectivity index (χ4n) is 2.28. The lowest BCUT2D eigenvalue weighted by Crippen LogP contribution is -2.41. The van der Waals surface area contributed by atoms with Crippen LogP contribution in [0, 0.1) is 5.92 Å². The maximum atomic E-state index is 12.3. The number of carbonyl (C=O) groups is 2. The van der Waals surface area contributed by atoms with Gasteiger partial charge in [-0.3, -0.25) is 9.59 Å². The molecule has 20 heavy (non-hydrogen) atoms. The zero-order chi connectivity index (χ0) is 14.5. The predicted molar refractivity (Wildman–Crippen MR) is 73.4 cm³/mol. The normalized spacial score (nSPS) is 16.8. The molecule has 0 aromatic heterocycles. The number of ether oxygens (including phenoxy) is 2. The van der Waals surface area contributed by atoms with Gasteiger partial charge in [-0.2, -0.15) is 0 Å². The van der Waals surface area contributed by atoms with E-state index in [9.17, 15) is 9.59 Å². The lowest BCUT2D eigenvalue weighted by Gasteiger charge is -2.27. The summed E-state index contributed by atoms with van der Waals surface area (Å²) in [6.45, 7) is 2.39. The van der Waals surface area contributed by atoms with Crippen molar-refractivity contribution in [2.24, 2.45) is 5.92 Å². The minimum absolute atomic E-state index is 0.0230. The summed E-state index contributed by atoms with van der Waals surface area (Å²) in [5.41, 5.74) is 1.03. The van der Waals surface area contributed by atoms with E-state index in [2.05, 4.69) is 0 Å². The summed E-state index contributed by atoms with van der Waals surface area (Å²) in [6, 6.07) is 7.70. The first kappa shape index (κ1) is 14.4. The highest BCUT2D eigenvalue weighted by molar-refractivity contribution is 5.84. The van der Waals surface area contributed by atoms with Crippen LogP contribution in [0.5, 0.6) is 5.75 Å². The van der Waals surface area contributed by atoms with Crippen LogP contribution in [0.15, 0.2) is 24.3 Å². The van der Waals surface area contributed by atoms with Gasteiger partial charge in [0.15, 0.2) is 0 Å². The molecule has 1 heterocycles. The van der Waals surface area contributed by atoms with Crippen LogP contribution in [-0.2, 0) is 20.7 Å². The topological polar surface area (TPSA) is 55.8 Å². The molecular weight excluding hydrogens is 258 g/mol. The van der Waals surface area contributed by atoms with Gasteiger partial charge in [0.2, 0.25) is 5.91 Å². The second-order valence-corrected chi connectivity index (χ2v) is 4.82. The number of benzene rings is 1. The monoisotopic (exact) mass is 277 g/mol. The zero-order valence-electron chi connectivity index (χ0n) is 11.8. The number of hydrogen-bond donors (Lipinski definition) is 0. The molecule has 2 rings (SSSR count). The van der Waals surface area contributed by atoms with E-state index < -0.39 is 0 Å². The molecule has 108 valence electrons. The predicted octanol–water partition coefficient (Wildman–Crippen LogP) is 1.26. The molecule has 0 saturated heterocycles. The Bertz CT molecular complexity index is 500. The van der Waals surface area contributed by atoms with Gasteiger partial charge < -0.3 is 14.4 Å². The van der Waals surface area contributed by atoms with Crippen LogP contribution in [0.25, 0.3) is 0 Å². The summed E-state index contributed by atoms with van der Waals surface area (Å²) >= 11 is 0. The molecule has 0 spiro atoms. The van der Waals surface area contributed by atoms with E-state index in [1.807, 2.05) is 24.3 Å². The summed E-state index contributed by atoms with van der Waals surface area (Å²) in [5.74, 6) is 0.113. The van der Waals surface area contributed by atoms with Gasteiger partial charge in [0, 0.05) is 7.05 Å². The smallest absolute Gasteiger partial charge is 0.325 e. The van der Waals surface area contributed by atoms with Gasteiger partial charge in [0.05, 0.1) is 12.5 Å². The molecule has 0 radical (unpaired) electrons. The van der Waals surface area contributed by atoms with Crippen molar-refractivity contribution >= 4 is 11.9 Å². The van der Waals surface area contributed by atoms with Crippen LogP contribution < -0.4 is 4.74 Å². The van der Waals surface area contributed by atoms with Gasteiger partial charge in [0.25, 0.3) is 0 Å². The quantitative estimate of drug-likeness (QED) is 0.777. The third-order valence-corrected chi connectivity index (χ3v) is 3.28. The Morgan fingerprint density at radius 3 is 2.90 bits per heavy atom. The van der Waals surface area contributed by atoms with Crippen molar-refractivity contribution in [3.8, 4) is 5.75 Å². The molecule has 0 fully saturated rings. The van der Waals surface area contributed by atoms with E-state index >= 15 is 0 Å². The van der Waals surface area contributed by atoms with Crippen molar-refractivity contribution < 1.29 is 19.1 Å². The summed E-state index contributed by atoms with van der Waals surface area (Å²) in [7, 11) is 1.61. The van der Waals surface area contributed by atoms with Crippen LogP contribution >= 0.6 is 0 Å². The van der Waals surface area contributed by atoms with Crippen molar-refractivity contribution in [3.05, 3.63) is 29.8 Å². The number of para-hydroxylation sites is 1. The SMILES string of the molecule is CCOC(=O)CN(C)C(=O)C1COc2ccccc2C1. The summed E-state index contributed by atoms with van der Waals surface area (Å²) in [5, 5.41) is 0. The first-order valence-corrected chi connectivity index (χ1v) is 6.73. The first-order valence-electron chi connectivity index (χ1n) is 6.73. The fourth-order valence-corrected chi connectivity index (χ4v) is 2.28. The maximum absolute atomic E-state index is 12.3. The lowest BCUT2D eigenvalue weighted by atomic mass is 9.95. The number of rotatable bonds is 4. The highest BCUT2D eigenvalue weighted by Gasteiger charge is 2.28. The van der Waals surface area contributed by atoms with Crippen LogP contribution in [0.1, 0.15) is 12.5 Å². The van der Waals surface area contributed by atoms with Crippen molar-refractivity contribution in [3.63, 3.8) is 0 Å². The highest BCUT2D eigenvalue weighted by Crippen LogP contribution is 2.27. The lowest BCUT2D eigenvalue weighted by molar-refractivity contribution is -0.149. The molecule has 1 unspecified atom stereocenters. The Balaban J connectivity index is 1.95. The Labute approximate surface area is 118 Å². The standard InChI is InChI=1S/C15H19NO4/c1-3-19-14(17)9-16(2)15(18)12-8-11-6-4-5-7-13(11)20-10-12/h4-7,12H,3,8-10H2,1-2H3. The van der Waals surface area contributed by atoms with E-state index in [-0.39, 0.29) is 24.3 Å². The Kier molecular flexibility index (Phi) is 4.61. The van der Waals surface area contributed by atoms with Crippen molar-refractivity contribution in [1.82, 2.24) is 4.90 Å². The number of carbonyl (C=O) groups excluding carboxylic acids is 2. The van der Waals surface area contributed by atoms with Gasteiger partial charge in [-0.1, -0.05) is 18.2 Å². The van der Waals surface area contributed by atoms with Gasteiger partial charge in [0.1, 0.15) is 18.9 Å². The number of likely N-dealkylation sites (N-methyl/N-ethyl adjacent to an activating group) is 1. The molecule has 1 aliphatic rings. The molecule has 0 aliphatic carbocycles. The molecule has 5 heteroatoms. The van der Waals surface area contributed by atoms with E-state index in [1.165, 1.54) is 4.90 Å². The summed E-state index contributed by atoms with van der Waals surface area (Å²) < 4.78 is 10.4. The number of hydrogen-bond acceptors (Lipinski definition) is 4. The minimum Gasteiger partial charge on any atom is -0.492 e. The van der Waals surface area contributed by atoms with E-state index in [4.69, 9.17) is 9.47 Å². The average Bonchev–Trinajstić information content (AvgIpc) is 2.46. The number of esters is 1. The van der Waals surface area contributed by atoms with Crippen LogP contribution in [-0.4, -0.2) is 43.6 Å². The largest absolute Gasteiger partial charge is 0.492 e. The van der Waals surface area contributed by atoms with E-state index in [1.54, 1.807) is 14.0 Å². The Morgan fingerprint density at radius 1 is 1.40 bits per heavy atom. The van der Waals surface area contributed by atoms with Crippen molar-refractivity contribution in [2.75, 3.05) is 26.8 Å². The highest BCUT2D eigenvalue weighted by atomic mass is 16.5. The molecule has 1 aromatic carbocycles. The van der Waals surface area contributed by atoms with Crippen molar-refractivity contribution in [2.45, 2.75) is 13.3 Å². The second kappa shape index (κ2) is 6.41. The Morgan fingerprint density at radius 2 is 2.15 bits per heavy atom. The molecule has 0 N–H and O–H groups in total. The van der Waals surface area contributed by atoms with Gasteiger partial charge in [-0.05, 0) is 25.0 Å². The average molecular weight is 277 g/mol. The third-order valence-electron chi connectivity index (χ3n) is 3.28. The summed E-state index contributed by atoms with van der Waals surface area (Å²) in [6.07, 6.45) is 0.641. The molecule has 5 nitrogen and oxygen atoms in total. The van der Waals surface area contributed by atoms with Crippen LogP contribution in [0.2, 0.25) is 0 Å². The maximum Gasteiger partial charge on any atom is 0.325 e. The Hall–Kier alpha value is -2.04. The molecule has 1 aliphatic heterocycles. The first-order chi connectivity index (χ1) is 9.61. The minimum atomic E-state index is -0.388. The number of nitrogens with zero attached hydrogens (tertiary/aromatic N) is 1. The van der Waals surface area contributed by atoms with Gasteiger partial charge >= 0.3 is 5.97 Å². The van der Waals surface area contributed by atoms with E-state index in [0.717, 1.165) is 11.3 Å². The molecule has 0 bridgehead atoms. The molecular formula is C15H19NO4. The fraction of sp³-hybridized carbons (Fsp3) is 0.467. The third kappa shape index (κ3) is 3.29. The summed E-state index contributed by atoms with van der Waals surface area (Å²) in [4.78, 5) is 25.1.